The van der Waals surface area contributed by atoms with Crippen LogP contribution >= 0.6 is 0 Å². The van der Waals surface area contributed by atoms with Crippen LogP contribution in [0.2, 0.25) is 0 Å². The van der Waals surface area contributed by atoms with E-state index in [1.807, 2.05) is 0 Å². The number of alkyl halides is 28. The van der Waals surface area contributed by atoms with Gasteiger partial charge >= 0.3 is 59.2 Å². The van der Waals surface area contributed by atoms with Gasteiger partial charge in [-0.25, -0.2) is 52.7 Å². The van der Waals surface area contributed by atoms with Gasteiger partial charge in [0.2, 0.25) is 39.7 Å². The van der Waals surface area contributed by atoms with Crippen LogP contribution in [0.5, 0.6) is 0 Å². The lowest BCUT2D eigenvalue weighted by Crippen LogP contribution is -3.09. The molecule has 552 valence electrons. The molecule has 0 amide bonds. The second-order valence-electron chi connectivity index (χ2n) is 28.3. The van der Waals surface area contributed by atoms with Crippen molar-refractivity contribution in [2.75, 3.05) is 0 Å². The molecule has 30 heteroatoms. The molecule has 13 unspecified atom stereocenters. The third-order valence-electron chi connectivity index (χ3n) is 24.5. The molecule has 8 aliphatic carbocycles. The first-order valence-electron chi connectivity index (χ1n) is 31.9. The molecule has 0 heterocycles. The minimum absolute atomic E-state index is 0.0199. The summed E-state index contributed by atoms with van der Waals surface area (Å²) in [5, 5.41) is -8.16. The van der Waals surface area contributed by atoms with Gasteiger partial charge in [-0.2, -0.15) is 79.0 Å². The Morgan fingerprint density at radius 3 is 1.53 bits per heavy atom. The molecule has 0 spiro atoms. The summed E-state index contributed by atoms with van der Waals surface area (Å²) >= 11 is 0. The fraction of sp³-hybridized carbons (Fsp3) is 0.316. The Balaban J connectivity index is 1.22. The SMILES string of the molecule is Fc1ccc2c(c1F)C1(F)C(C=C2)C(F)(C2(F)C(F)(c3cccc4ccccc34)C(F)(F)C3(F)C4C2(F)C(F)(F)C(F)(F)C2(F)C(F)(F)C(F)(F)C(F)(F)C(c5cccc6c5Cc5ccccc5-6)(C(F)(F)C3(F)C3C=Cc5ccccc53)C42c2cccc3cc4ccccc4cc23)C(F)(F)C(F)(F)C1(F)F. The van der Waals surface area contributed by atoms with Crippen LogP contribution in [0, 0.1) is 23.5 Å². The van der Waals surface area contributed by atoms with E-state index in [4.69, 9.17) is 0 Å². The summed E-state index contributed by atoms with van der Waals surface area (Å²) in [6, 6.07) is 9.52. The van der Waals surface area contributed by atoms with Crippen LogP contribution in [0.15, 0.2) is 188 Å². The van der Waals surface area contributed by atoms with E-state index < -0.39 is 281 Å². The number of benzene rings is 9. The fourth-order valence-corrected chi connectivity index (χ4v) is 20.4. The van der Waals surface area contributed by atoms with Crippen LogP contribution in [-0.4, -0.2) is 93.2 Å². The highest BCUT2D eigenvalue weighted by molar-refractivity contribution is 6.01. The molecule has 17 rings (SSSR count). The fourth-order valence-electron chi connectivity index (χ4n) is 20.4. The van der Waals surface area contributed by atoms with Crippen LogP contribution in [-0.2, 0) is 28.6 Å². The zero-order chi connectivity index (χ0) is 76.7. The van der Waals surface area contributed by atoms with Gasteiger partial charge in [0.15, 0.2) is 11.6 Å². The highest BCUT2D eigenvalue weighted by Gasteiger charge is 3.21. The molecule has 8 aliphatic rings. The van der Waals surface area contributed by atoms with Gasteiger partial charge in [0, 0.05) is 17.0 Å². The van der Waals surface area contributed by atoms with E-state index in [9.17, 15) is 0 Å². The number of hydrogen-bond donors (Lipinski definition) is 0. The zero-order valence-electron chi connectivity index (χ0n) is 52.3. The number of allylic oxidation sites excluding steroid dienone is 2. The summed E-state index contributed by atoms with van der Waals surface area (Å²) in [4.78, 5) is 0. The predicted octanol–water partition coefficient (Wildman–Crippen LogP) is 22.6. The lowest BCUT2D eigenvalue weighted by Gasteiger charge is -2.83. The Bertz CT molecular complexity index is 5470. The molecule has 9 aromatic rings. The van der Waals surface area contributed by atoms with Gasteiger partial charge in [-0.15, -0.1) is 0 Å². The largest absolute Gasteiger partial charge is 0.379 e. The molecule has 0 N–H and O–H groups in total. The van der Waals surface area contributed by atoms with Crippen molar-refractivity contribution >= 4 is 44.5 Å². The van der Waals surface area contributed by atoms with E-state index in [-0.39, 0.29) is 54.6 Å². The van der Waals surface area contributed by atoms with Crippen molar-refractivity contribution in [3.8, 4) is 11.1 Å². The van der Waals surface area contributed by atoms with Gasteiger partial charge in [0.25, 0.3) is 5.67 Å². The van der Waals surface area contributed by atoms with Gasteiger partial charge in [-0.1, -0.05) is 182 Å². The normalized spacial score (nSPS) is 37.3. The Kier molecular flexibility index (Phi) is 12.9. The highest BCUT2D eigenvalue weighted by atomic mass is 19.4. The monoisotopic (exact) mass is 1520 g/mol. The first-order valence-corrected chi connectivity index (χ1v) is 31.9. The van der Waals surface area contributed by atoms with Crippen LogP contribution in [0.4, 0.5) is 132 Å². The van der Waals surface area contributed by atoms with Crippen molar-refractivity contribution in [1.82, 2.24) is 0 Å². The summed E-state index contributed by atoms with van der Waals surface area (Å²) in [6.07, 6.45) is -4.01. The van der Waals surface area contributed by atoms with E-state index in [2.05, 4.69) is 0 Å². The van der Waals surface area contributed by atoms with Crippen molar-refractivity contribution in [1.29, 1.82) is 0 Å². The molecule has 0 nitrogen and oxygen atoms in total. The van der Waals surface area contributed by atoms with E-state index in [0.29, 0.717) is 54.6 Å². The average Bonchev–Trinajstić information content (AvgIpc) is 0.611. The molecular weight excluding hydrogens is 1480 g/mol. The first kappa shape index (κ1) is 70.1. The van der Waals surface area contributed by atoms with Crippen LogP contribution in [0.25, 0.3) is 55.6 Å². The summed E-state index contributed by atoms with van der Waals surface area (Å²) in [5.41, 5.74) is -109. The Labute approximate surface area is 575 Å². The first-order chi connectivity index (χ1) is 49.1. The van der Waals surface area contributed by atoms with E-state index in [1.54, 1.807) is 0 Å². The molecule has 5 saturated carbocycles. The molecule has 106 heavy (non-hydrogen) atoms. The Morgan fingerprint density at radius 1 is 0.330 bits per heavy atom. The lowest BCUT2D eigenvalue weighted by molar-refractivity contribution is -0.569. The molecule has 0 aromatic heterocycles. The van der Waals surface area contributed by atoms with Crippen molar-refractivity contribution in [3.05, 3.63) is 250 Å². The molecular formula is C76H38F30. The lowest BCUT2D eigenvalue weighted by atomic mass is 9.22. The smallest absolute Gasteiger partial charge is 0.233 e. The van der Waals surface area contributed by atoms with Crippen LogP contribution < -0.4 is 0 Å². The van der Waals surface area contributed by atoms with Gasteiger partial charge in [-0.05, 0) is 107 Å². The summed E-state index contributed by atoms with van der Waals surface area (Å²) < 4.78 is 595. The van der Waals surface area contributed by atoms with E-state index >= 15 is 132 Å². The van der Waals surface area contributed by atoms with Crippen LogP contribution in [0.3, 0.4) is 0 Å². The van der Waals surface area contributed by atoms with Crippen molar-refractivity contribution in [3.63, 3.8) is 0 Å². The third kappa shape index (κ3) is 6.19. The van der Waals surface area contributed by atoms with Gasteiger partial charge < -0.3 is 0 Å². The molecule has 9 aromatic carbocycles. The average molecular weight is 1520 g/mol. The Morgan fingerprint density at radius 2 is 0.849 bits per heavy atom. The molecule has 0 aliphatic heterocycles. The molecule has 0 bridgehead atoms. The van der Waals surface area contributed by atoms with Crippen molar-refractivity contribution in [2.45, 2.75) is 128 Å². The Hall–Kier alpha value is -8.86. The third-order valence-corrected chi connectivity index (χ3v) is 24.5. The van der Waals surface area contributed by atoms with E-state index in [1.165, 1.54) is 0 Å². The summed E-state index contributed by atoms with van der Waals surface area (Å²) in [7, 11) is 0. The van der Waals surface area contributed by atoms with Crippen molar-refractivity contribution < 1.29 is 132 Å². The number of rotatable bonds is 5. The van der Waals surface area contributed by atoms with Crippen LogP contribution in [0.1, 0.15) is 56.0 Å². The minimum atomic E-state index is -9.77. The quantitative estimate of drug-likeness (QED) is 0.119. The second kappa shape index (κ2) is 19.5. The second-order valence-corrected chi connectivity index (χ2v) is 28.3. The maximum atomic E-state index is 22.7. The zero-order valence-corrected chi connectivity index (χ0v) is 52.3. The molecule has 0 saturated heterocycles. The molecule has 0 radical (unpaired) electrons. The van der Waals surface area contributed by atoms with Crippen molar-refractivity contribution in [2.24, 2.45) is 11.8 Å². The maximum absolute atomic E-state index is 22.7. The molecule has 5 fully saturated rings. The highest BCUT2D eigenvalue weighted by Crippen LogP contribution is 2.96. The summed E-state index contributed by atoms with van der Waals surface area (Å²) in [5.74, 6) is -115. The van der Waals surface area contributed by atoms with E-state index in [0.717, 1.165) is 54.6 Å². The standard InChI is InChI=1S/C76H38F30/c77-52-30-27-37-28-31-53-58(79,54(37)55(52)78)67(87,88)75(103,104)71(95,96)62(53,82)66(86)61(81,50-25-9-17-35-12-3-7-20-43(35)50)70(93,94)63(83)56-57(48-23-10-18-40-32-38-14-1-2-15-39(38)33-46(40)48)59(49-24-11-22-45-42-19-6-5-16-41(42)34-47(45)49,68(89,90)60(63,80)51-29-26-36-13-4-8-21-44(36)51)69(91,92)76(105,106)74(101,102)65(57,85)73(99,100)72(97,98)64(56,66)84/h1-33,51,53,56H,34H2. The summed E-state index contributed by atoms with van der Waals surface area (Å²) in [6.45, 7) is 0. The maximum Gasteiger partial charge on any atom is 0.379 e. The van der Waals surface area contributed by atoms with Gasteiger partial charge in [-0.3, -0.25) is 0 Å². The van der Waals surface area contributed by atoms with Gasteiger partial charge in [0.05, 0.1) is 17.3 Å². The molecule has 13 atom stereocenters. The van der Waals surface area contributed by atoms with Gasteiger partial charge in [0.1, 0.15) is 5.41 Å². The number of halogens is 30. The topological polar surface area (TPSA) is 0 Å². The minimum Gasteiger partial charge on any atom is -0.233 e. The number of hydrogen-bond acceptors (Lipinski definition) is 0. The number of fused-ring (bicyclic) bond motifs is 10. The predicted molar refractivity (Wildman–Crippen MR) is 322 cm³/mol.